The largest absolute Gasteiger partial charge is 0.458 e. The number of hydrogen-bond donors (Lipinski definition) is 0. The molecule has 0 amide bonds. The summed E-state index contributed by atoms with van der Waals surface area (Å²) in [6.45, 7) is 7.40. The third-order valence-electron chi connectivity index (χ3n) is 6.81. The number of ether oxygens (including phenoxy) is 5. The Hall–Kier alpha value is -2.66. The van der Waals surface area contributed by atoms with E-state index >= 15 is 0 Å². The fourth-order valence-electron chi connectivity index (χ4n) is 5.16. The maximum Gasteiger partial charge on any atom is 0.432 e. The number of benzene rings is 1. The molecule has 0 radical (unpaired) electrons. The molecule has 8 atom stereocenters. The second kappa shape index (κ2) is 9.42. The third kappa shape index (κ3) is 4.40. The highest BCUT2D eigenvalue weighted by Gasteiger charge is 2.67. The number of methoxy groups -OCH3 is 1. The van der Waals surface area contributed by atoms with Gasteiger partial charge in [-0.15, -0.1) is 0 Å². The SMILES string of the molecule is CO[C@@](C(=O)O[C@@H]1[C@@H](C)[C@@H]2OC(=O)[C@H](C)[C@H](OC(C)=O)[C@@]2(C)O[C@H]1C)(c1ccccc1)C(F)(F)F. The molecule has 2 aliphatic rings. The minimum absolute atomic E-state index is 0.449. The van der Waals surface area contributed by atoms with Gasteiger partial charge >= 0.3 is 24.1 Å². The van der Waals surface area contributed by atoms with Crippen molar-refractivity contribution >= 4 is 17.9 Å². The zero-order chi connectivity index (χ0) is 26.3. The molecule has 0 aliphatic carbocycles. The van der Waals surface area contributed by atoms with Crippen LogP contribution in [0.3, 0.4) is 0 Å². The van der Waals surface area contributed by atoms with Crippen LogP contribution in [0.1, 0.15) is 40.2 Å². The number of carbonyl (C=O) groups excluding carboxylic acids is 3. The van der Waals surface area contributed by atoms with Crippen molar-refractivity contribution in [2.75, 3.05) is 7.11 Å². The van der Waals surface area contributed by atoms with Gasteiger partial charge in [0.15, 0.2) is 0 Å². The van der Waals surface area contributed by atoms with Crippen molar-refractivity contribution in [1.82, 2.24) is 0 Å². The van der Waals surface area contributed by atoms with Crippen molar-refractivity contribution in [3.05, 3.63) is 35.9 Å². The Labute approximate surface area is 201 Å². The van der Waals surface area contributed by atoms with Crippen molar-refractivity contribution in [2.45, 2.75) is 76.4 Å². The highest BCUT2D eigenvalue weighted by Crippen LogP contribution is 2.47. The molecular weight excluding hydrogens is 473 g/mol. The number of hydrogen-bond acceptors (Lipinski definition) is 8. The van der Waals surface area contributed by atoms with Gasteiger partial charge in [0.1, 0.15) is 23.9 Å². The summed E-state index contributed by atoms with van der Waals surface area (Å²) < 4.78 is 70.1. The van der Waals surface area contributed by atoms with E-state index in [2.05, 4.69) is 0 Å². The Morgan fingerprint density at radius 2 is 1.66 bits per heavy atom. The summed E-state index contributed by atoms with van der Waals surface area (Å²) in [7, 11) is 0.775. The summed E-state index contributed by atoms with van der Waals surface area (Å²) >= 11 is 0. The lowest BCUT2D eigenvalue weighted by Crippen LogP contribution is -2.71. The predicted octanol–water partition coefficient (Wildman–Crippen LogP) is 3.31. The molecule has 1 aromatic rings. The van der Waals surface area contributed by atoms with Crippen molar-refractivity contribution < 1.29 is 51.2 Å². The first kappa shape index (κ1) is 26.9. The van der Waals surface area contributed by atoms with Crippen LogP contribution in [-0.2, 0) is 43.7 Å². The van der Waals surface area contributed by atoms with Crippen molar-refractivity contribution in [3.63, 3.8) is 0 Å². The van der Waals surface area contributed by atoms with Crippen LogP contribution >= 0.6 is 0 Å². The van der Waals surface area contributed by atoms with E-state index in [-0.39, 0.29) is 0 Å². The van der Waals surface area contributed by atoms with Gasteiger partial charge in [0, 0.05) is 25.5 Å². The standard InChI is InChI=1S/C24H29F3O8/c1-12-17(33-21(30)23(31-6,24(25,26)27)16-10-8-7-9-11-16)14(3)35-22(5)18(12)34-20(29)13(2)19(22)32-15(4)28/h7-14,17-19H,1-6H3/t12-,13-,14+,17-,18+,19+,22+,23-/m1/s1. The number of halogens is 3. The summed E-state index contributed by atoms with van der Waals surface area (Å²) in [5, 5.41) is 0. The van der Waals surface area contributed by atoms with E-state index < -0.39 is 77.1 Å². The molecule has 11 heteroatoms. The van der Waals surface area contributed by atoms with Gasteiger partial charge in [-0.3, -0.25) is 9.59 Å². The summed E-state index contributed by atoms with van der Waals surface area (Å²) in [6.07, 6.45) is -9.39. The average molecular weight is 502 g/mol. The fraction of sp³-hybridized carbons (Fsp3) is 0.625. The minimum Gasteiger partial charge on any atom is -0.458 e. The molecule has 8 nitrogen and oxygen atoms in total. The first-order chi connectivity index (χ1) is 16.2. The summed E-state index contributed by atoms with van der Waals surface area (Å²) in [4.78, 5) is 37.4. The van der Waals surface area contributed by atoms with Gasteiger partial charge in [0.25, 0.3) is 5.60 Å². The van der Waals surface area contributed by atoms with Crippen LogP contribution in [0.5, 0.6) is 0 Å². The average Bonchev–Trinajstić information content (AvgIpc) is 2.77. The van der Waals surface area contributed by atoms with Gasteiger partial charge < -0.3 is 23.7 Å². The van der Waals surface area contributed by atoms with E-state index in [4.69, 9.17) is 23.7 Å². The Morgan fingerprint density at radius 3 is 2.17 bits per heavy atom. The Kier molecular flexibility index (Phi) is 7.25. The molecule has 0 saturated carbocycles. The molecule has 0 bridgehead atoms. The monoisotopic (exact) mass is 502 g/mol. The Morgan fingerprint density at radius 1 is 1.06 bits per heavy atom. The molecule has 3 rings (SSSR count). The molecule has 2 heterocycles. The Balaban J connectivity index is 1.96. The van der Waals surface area contributed by atoms with E-state index in [0.717, 1.165) is 19.2 Å². The van der Waals surface area contributed by atoms with Crippen LogP contribution in [-0.4, -0.2) is 61.2 Å². The molecule has 1 aromatic carbocycles. The molecule has 0 aromatic heterocycles. The van der Waals surface area contributed by atoms with Crippen molar-refractivity contribution in [2.24, 2.45) is 11.8 Å². The van der Waals surface area contributed by atoms with Crippen LogP contribution in [0.25, 0.3) is 0 Å². The van der Waals surface area contributed by atoms with E-state index in [9.17, 15) is 27.6 Å². The van der Waals surface area contributed by atoms with Gasteiger partial charge in [0.2, 0.25) is 0 Å². The molecule has 0 N–H and O–H groups in total. The second-order valence-electron chi connectivity index (χ2n) is 9.16. The number of esters is 3. The van der Waals surface area contributed by atoms with Gasteiger partial charge in [-0.25, -0.2) is 4.79 Å². The number of carbonyl (C=O) groups is 3. The second-order valence-corrected chi connectivity index (χ2v) is 9.16. The maximum atomic E-state index is 14.3. The van der Waals surface area contributed by atoms with Gasteiger partial charge in [-0.05, 0) is 20.8 Å². The Bertz CT molecular complexity index is 967. The molecular formula is C24H29F3O8. The van der Waals surface area contributed by atoms with Crippen LogP contribution in [0, 0.1) is 11.8 Å². The predicted molar refractivity (Wildman–Crippen MR) is 114 cm³/mol. The molecule has 2 aliphatic heterocycles. The van der Waals surface area contributed by atoms with Crippen LogP contribution in [0.2, 0.25) is 0 Å². The van der Waals surface area contributed by atoms with Crippen molar-refractivity contribution in [3.8, 4) is 0 Å². The van der Waals surface area contributed by atoms with Gasteiger partial charge in [0.05, 0.1) is 12.0 Å². The highest BCUT2D eigenvalue weighted by molar-refractivity contribution is 5.83. The lowest BCUT2D eigenvalue weighted by molar-refractivity contribution is -0.310. The van der Waals surface area contributed by atoms with Gasteiger partial charge in [-0.2, -0.15) is 13.2 Å². The van der Waals surface area contributed by atoms with E-state index in [1.807, 2.05) is 0 Å². The van der Waals surface area contributed by atoms with Crippen molar-refractivity contribution in [1.29, 1.82) is 0 Å². The lowest BCUT2D eigenvalue weighted by atomic mass is 9.72. The summed E-state index contributed by atoms with van der Waals surface area (Å²) in [6, 6.07) is 6.44. The van der Waals surface area contributed by atoms with E-state index in [1.54, 1.807) is 13.8 Å². The third-order valence-corrected chi connectivity index (χ3v) is 6.81. The quantitative estimate of drug-likeness (QED) is 0.447. The molecule has 0 spiro atoms. The molecule has 194 valence electrons. The van der Waals surface area contributed by atoms with Crippen LogP contribution in [0.4, 0.5) is 13.2 Å². The molecule has 2 saturated heterocycles. The lowest BCUT2D eigenvalue weighted by Gasteiger charge is -2.55. The van der Waals surface area contributed by atoms with Gasteiger partial charge in [-0.1, -0.05) is 37.3 Å². The first-order valence-electron chi connectivity index (χ1n) is 11.1. The first-order valence-corrected chi connectivity index (χ1v) is 11.1. The fourth-order valence-corrected chi connectivity index (χ4v) is 5.16. The van der Waals surface area contributed by atoms with E-state index in [0.29, 0.717) is 0 Å². The number of rotatable bonds is 5. The van der Waals surface area contributed by atoms with Crippen LogP contribution in [0.15, 0.2) is 30.3 Å². The van der Waals surface area contributed by atoms with E-state index in [1.165, 1.54) is 39.0 Å². The minimum atomic E-state index is -5.15. The smallest absolute Gasteiger partial charge is 0.432 e. The molecule has 35 heavy (non-hydrogen) atoms. The molecule has 0 unspecified atom stereocenters. The maximum absolute atomic E-state index is 14.3. The number of fused-ring (bicyclic) bond motifs is 1. The number of alkyl halides is 3. The molecule has 2 fully saturated rings. The normalized spacial score (nSPS) is 34.7. The topological polar surface area (TPSA) is 97.4 Å². The summed E-state index contributed by atoms with van der Waals surface area (Å²) in [5.41, 5.74) is -5.15. The zero-order valence-corrected chi connectivity index (χ0v) is 20.3. The van der Waals surface area contributed by atoms with Crippen LogP contribution < -0.4 is 0 Å². The zero-order valence-electron chi connectivity index (χ0n) is 20.3. The summed E-state index contributed by atoms with van der Waals surface area (Å²) in [5.74, 6) is -4.63. The highest BCUT2D eigenvalue weighted by atomic mass is 19.4.